The summed E-state index contributed by atoms with van der Waals surface area (Å²) in [6.07, 6.45) is 5.99. The smallest absolute Gasteiger partial charge is 0.270 e. The van der Waals surface area contributed by atoms with E-state index in [-0.39, 0.29) is 11.9 Å². The van der Waals surface area contributed by atoms with Gasteiger partial charge in [-0.3, -0.25) is 4.79 Å². The molecule has 1 amide bonds. The first-order valence-corrected chi connectivity index (χ1v) is 6.54. The third kappa shape index (κ3) is 3.42. The van der Waals surface area contributed by atoms with E-state index in [2.05, 4.69) is 20.6 Å². The van der Waals surface area contributed by atoms with Crippen molar-refractivity contribution in [3.8, 4) is 0 Å². The minimum Gasteiger partial charge on any atom is -0.368 e. The Balaban J connectivity index is 2.00. The molecule has 5 heteroatoms. The first-order valence-electron chi connectivity index (χ1n) is 6.54. The Labute approximate surface area is 107 Å². The van der Waals surface area contributed by atoms with Gasteiger partial charge in [0.2, 0.25) is 0 Å². The molecule has 2 rings (SSSR count). The number of aromatic nitrogens is 2. The molecule has 1 aromatic heterocycles. The lowest BCUT2D eigenvalue weighted by Gasteiger charge is -2.12. The first-order chi connectivity index (χ1) is 8.65. The minimum absolute atomic E-state index is 0.101. The Hall–Kier alpha value is -1.65. The number of carbonyl (C=O) groups is 1. The maximum absolute atomic E-state index is 12.0. The second kappa shape index (κ2) is 5.80. The van der Waals surface area contributed by atoms with Gasteiger partial charge < -0.3 is 10.6 Å². The molecule has 0 radical (unpaired) electrons. The number of hydrogen-bond donors (Lipinski definition) is 2. The van der Waals surface area contributed by atoms with Crippen LogP contribution in [0.1, 0.15) is 50.0 Å². The van der Waals surface area contributed by atoms with Gasteiger partial charge in [-0.2, -0.15) is 0 Å². The van der Waals surface area contributed by atoms with Gasteiger partial charge in [-0.15, -0.1) is 0 Å². The van der Waals surface area contributed by atoms with E-state index in [9.17, 15) is 4.79 Å². The zero-order chi connectivity index (χ0) is 13.0. The van der Waals surface area contributed by atoms with Crippen molar-refractivity contribution >= 4 is 11.7 Å². The van der Waals surface area contributed by atoms with Crippen molar-refractivity contribution in [2.75, 3.05) is 5.32 Å². The highest BCUT2D eigenvalue weighted by Crippen LogP contribution is 2.18. The van der Waals surface area contributed by atoms with E-state index < -0.39 is 0 Å². The number of rotatable bonds is 4. The molecule has 0 spiro atoms. The highest BCUT2D eigenvalue weighted by atomic mass is 16.1. The molecule has 0 aliphatic heterocycles. The number of amides is 1. The molecule has 1 heterocycles. The van der Waals surface area contributed by atoms with Crippen LogP contribution in [-0.2, 0) is 0 Å². The lowest BCUT2D eigenvalue weighted by molar-refractivity contribution is 0.0932. The van der Waals surface area contributed by atoms with E-state index in [0.717, 1.165) is 12.8 Å². The fraction of sp³-hybridized carbons (Fsp3) is 0.615. The van der Waals surface area contributed by atoms with Gasteiger partial charge in [0.15, 0.2) is 0 Å². The third-order valence-corrected chi connectivity index (χ3v) is 3.03. The Morgan fingerprint density at radius 2 is 2.06 bits per heavy atom. The van der Waals surface area contributed by atoms with Crippen LogP contribution in [0.4, 0.5) is 5.82 Å². The second-order valence-electron chi connectivity index (χ2n) is 5.04. The van der Waals surface area contributed by atoms with Gasteiger partial charge in [-0.1, -0.05) is 12.8 Å². The Morgan fingerprint density at radius 1 is 1.33 bits per heavy atom. The van der Waals surface area contributed by atoms with Crippen LogP contribution in [0.25, 0.3) is 0 Å². The topological polar surface area (TPSA) is 66.9 Å². The van der Waals surface area contributed by atoms with Gasteiger partial charge in [-0.25, -0.2) is 9.97 Å². The highest BCUT2D eigenvalue weighted by Gasteiger charge is 2.18. The SMILES string of the molecule is CC(C)Nc1cc(C(=O)NC2CCCC2)ncn1. The summed E-state index contributed by atoms with van der Waals surface area (Å²) >= 11 is 0. The van der Waals surface area contributed by atoms with Crippen LogP contribution in [0.5, 0.6) is 0 Å². The molecule has 98 valence electrons. The Morgan fingerprint density at radius 3 is 2.72 bits per heavy atom. The average Bonchev–Trinajstić information content (AvgIpc) is 2.81. The zero-order valence-corrected chi connectivity index (χ0v) is 10.9. The molecule has 0 atom stereocenters. The van der Waals surface area contributed by atoms with Crippen molar-refractivity contribution in [1.29, 1.82) is 0 Å². The normalized spacial score (nSPS) is 15.9. The molecule has 1 saturated carbocycles. The van der Waals surface area contributed by atoms with Crippen molar-refractivity contribution in [3.05, 3.63) is 18.1 Å². The number of anilines is 1. The van der Waals surface area contributed by atoms with E-state index in [4.69, 9.17) is 0 Å². The molecule has 0 unspecified atom stereocenters. The molecule has 2 N–H and O–H groups in total. The van der Waals surface area contributed by atoms with Crippen LogP contribution in [-0.4, -0.2) is 28.0 Å². The molecular weight excluding hydrogens is 228 g/mol. The van der Waals surface area contributed by atoms with Crippen molar-refractivity contribution in [2.24, 2.45) is 0 Å². The predicted molar refractivity (Wildman–Crippen MR) is 70.5 cm³/mol. The van der Waals surface area contributed by atoms with Crippen LogP contribution in [0, 0.1) is 0 Å². The van der Waals surface area contributed by atoms with Crippen LogP contribution in [0.3, 0.4) is 0 Å². The molecule has 0 bridgehead atoms. The van der Waals surface area contributed by atoms with Gasteiger partial charge >= 0.3 is 0 Å². The summed E-state index contributed by atoms with van der Waals surface area (Å²) in [5.74, 6) is 0.590. The van der Waals surface area contributed by atoms with Gasteiger partial charge in [0.05, 0.1) is 0 Å². The van der Waals surface area contributed by atoms with Crippen molar-refractivity contribution in [2.45, 2.75) is 51.6 Å². The van der Waals surface area contributed by atoms with Gasteiger partial charge in [0.1, 0.15) is 17.8 Å². The average molecular weight is 248 g/mol. The summed E-state index contributed by atoms with van der Waals surface area (Å²) in [5.41, 5.74) is 0.431. The van der Waals surface area contributed by atoms with Crippen molar-refractivity contribution in [1.82, 2.24) is 15.3 Å². The number of nitrogens with zero attached hydrogens (tertiary/aromatic N) is 2. The number of carbonyl (C=O) groups excluding carboxylic acids is 1. The molecule has 1 aromatic rings. The zero-order valence-electron chi connectivity index (χ0n) is 10.9. The molecule has 1 aliphatic carbocycles. The molecule has 1 aliphatic rings. The summed E-state index contributed by atoms with van der Waals surface area (Å²) in [4.78, 5) is 20.1. The quantitative estimate of drug-likeness (QED) is 0.855. The molecule has 0 aromatic carbocycles. The predicted octanol–water partition coefficient (Wildman–Crippen LogP) is 1.97. The van der Waals surface area contributed by atoms with Crippen molar-refractivity contribution < 1.29 is 4.79 Å². The van der Waals surface area contributed by atoms with Gasteiger partial charge in [0.25, 0.3) is 5.91 Å². The monoisotopic (exact) mass is 248 g/mol. The summed E-state index contributed by atoms with van der Waals surface area (Å²) < 4.78 is 0. The van der Waals surface area contributed by atoms with Crippen LogP contribution < -0.4 is 10.6 Å². The second-order valence-corrected chi connectivity index (χ2v) is 5.04. The van der Waals surface area contributed by atoms with Gasteiger partial charge in [-0.05, 0) is 26.7 Å². The lowest BCUT2D eigenvalue weighted by Crippen LogP contribution is -2.33. The van der Waals surface area contributed by atoms with Crippen LogP contribution in [0.15, 0.2) is 12.4 Å². The number of hydrogen-bond acceptors (Lipinski definition) is 4. The standard InChI is InChI=1S/C13H20N4O/c1-9(2)16-12-7-11(14-8-15-12)13(18)17-10-5-3-4-6-10/h7-10H,3-6H2,1-2H3,(H,17,18)(H,14,15,16). The van der Waals surface area contributed by atoms with Crippen LogP contribution in [0.2, 0.25) is 0 Å². The largest absolute Gasteiger partial charge is 0.368 e. The highest BCUT2D eigenvalue weighted by molar-refractivity contribution is 5.93. The molecule has 0 saturated heterocycles. The van der Waals surface area contributed by atoms with Crippen molar-refractivity contribution in [3.63, 3.8) is 0 Å². The summed E-state index contributed by atoms with van der Waals surface area (Å²) in [7, 11) is 0. The van der Waals surface area contributed by atoms with E-state index >= 15 is 0 Å². The fourth-order valence-electron chi connectivity index (χ4n) is 2.19. The molecule has 5 nitrogen and oxygen atoms in total. The fourth-order valence-corrected chi connectivity index (χ4v) is 2.19. The van der Waals surface area contributed by atoms with E-state index in [0.29, 0.717) is 17.6 Å². The summed E-state index contributed by atoms with van der Waals surface area (Å²) in [6, 6.07) is 2.30. The summed E-state index contributed by atoms with van der Waals surface area (Å²) in [5, 5.41) is 6.18. The van der Waals surface area contributed by atoms with E-state index in [1.807, 2.05) is 13.8 Å². The molecule has 1 fully saturated rings. The Kier molecular flexibility index (Phi) is 4.12. The van der Waals surface area contributed by atoms with Gasteiger partial charge in [0, 0.05) is 18.2 Å². The maximum atomic E-state index is 12.0. The van der Waals surface area contributed by atoms with E-state index in [1.54, 1.807) is 6.07 Å². The molecular formula is C13H20N4O. The first kappa shape index (κ1) is 12.8. The van der Waals surface area contributed by atoms with E-state index in [1.165, 1.54) is 19.2 Å². The Bertz CT molecular complexity index is 413. The third-order valence-electron chi connectivity index (χ3n) is 3.03. The lowest BCUT2D eigenvalue weighted by atomic mass is 10.2. The summed E-state index contributed by atoms with van der Waals surface area (Å²) in [6.45, 7) is 4.06. The minimum atomic E-state index is -0.101. The van der Waals surface area contributed by atoms with Crippen LogP contribution >= 0.6 is 0 Å². The number of nitrogens with one attached hydrogen (secondary N) is 2. The maximum Gasteiger partial charge on any atom is 0.270 e. The molecule has 18 heavy (non-hydrogen) atoms.